The van der Waals surface area contributed by atoms with Gasteiger partial charge in [0.15, 0.2) is 0 Å². The predicted octanol–water partition coefficient (Wildman–Crippen LogP) is 2.82. The van der Waals surface area contributed by atoms with Gasteiger partial charge in [-0.3, -0.25) is 9.59 Å². The van der Waals surface area contributed by atoms with Crippen molar-refractivity contribution < 1.29 is 38.4 Å². The lowest BCUT2D eigenvalue weighted by Crippen LogP contribution is -2.31. The van der Waals surface area contributed by atoms with Crippen LogP contribution in [0.2, 0.25) is 0 Å². The number of methoxy groups -OCH3 is 3. The molecule has 5 atom stereocenters. The molecule has 0 saturated heterocycles. The molecule has 1 saturated carbocycles. The van der Waals surface area contributed by atoms with Crippen LogP contribution in [0.3, 0.4) is 0 Å². The van der Waals surface area contributed by atoms with Crippen molar-refractivity contribution in [3.8, 4) is 17.2 Å². The van der Waals surface area contributed by atoms with E-state index >= 15 is 0 Å². The summed E-state index contributed by atoms with van der Waals surface area (Å²) in [4.78, 5) is 23.9. The minimum absolute atomic E-state index is 0.263. The quantitative estimate of drug-likeness (QED) is 0.478. The highest BCUT2D eigenvalue weighted by atomic mass is 16.5. The van der Waals surface area contributed by atoms with Crippen LogP contribution >= 0.6 is 0 Å². The van der Waals surface area contributed by atoms with Crippen LogP contribution in [0, 0.1) is 5.92 Å². The molecule has 1 fully saturated rings. The van der Waals surface area contributed by atoms with Crippen LogP contribution in [0.15, 0.2) is 42.5 Å². The Kier molecular flexibility index (Phi) is 6.74. The zero-order valence-electron chi connectivity index (χ0n) is 18.9. The molecule has 4 unspecified atom stereocenters. The summed E-state index contributed by atoms with van der Waals surface area (Å²) in [5.41, 5.74) is 1.61. The van der Waals surface area contributed by atoms with Crippen LogP contribution in [-0.4, -0.2) is 57.2 Å². The monoisotopic (exact) mass is 456 g/mol. The Bertz CT molecular complexity index is 1000. The van der Waals surface area contributed by atoms with E-state index in [1.807, 2.05) is 30.3 Å². The standard InChI is InChI=1S/C25H28O8/c1-29-16-12-15(32-11-7-10-18(26)30-2)13-17-20(16)21-23(27)22(25(28)31-3)19(24(21)33-17)14-8-5-4-6-9-14/h4-6,8-9,12-13,19,21-24,27H,7,10-11H2,1-3H3/t19-,21?,22?,23?,24?/m1/s1. The first kappa shape index (κ1) is 22.9. The van der Waals surface area contributed by atoms with E-state index in [4.69, 9.17) is 18.9 Å². The minimum atomic E-state index is -1.00. The Labute approximate surface area is 192 Å². The number of carbonyl (C=O) groups is 2. The molecule has 1 aliphatic heterocycles. The van der Waals surface area contributed by atoms with Crippen molar-refractivity contribution in [1.29, 1.82) is 0 Å². The Balaban J connectivity index is 1.64. The largest absolute Gasteiger partial charge is 0.496 e. The third-order valence-corrected chi connectivity index (χ3v) is 6.40. The molecule has 2 aromatic rings. The van der Waals surface area contributed by atoms with Gasteiger partial charge in [0.2, 0.25) is 0 Å². The second-order valence-corrected chi connectivity index (χ2v) is 8.15. The maximum absolute atomic E-state index is 12.7. The molecule has 176 valence electrons. The van der Waals surface area contributed by atoms with Crippen molar-refractivity contribution in [1.82, 2.24) is 0 Å². The SMILES string of the molecule is COC(=O)CCCOc1cc(OC)c2c(c1)OC1C2C(O)C(C(=O)OC)[C@H]1c1ccccc1. The van der Waals surface area contributed by atoms with Crippen molar-refractivity contribution in [2.24, 2.45) is 5.92 Å². The molecule has 2 aliphatic rings. The summed E-state index contributed by atoms with van der Waals surface area (Å²) in [6.07, 6.45) is -0.702. The summed E-state index contributed by atoms with van der Waals surface area (Å²) in [5, 5.41) is 11.3. The molecule has 8 nitrogen and oxygen atoms in total. The number of ether oxygens (including phenoxy) is 5. The summed E-state index contributed by atoms with van der Waals surface area (Å²) < 4.78 is 27.4. The average Bonchev–Trinajstić information content (AvgIpc) is 3.35. The Morgan fingerprint density at radius 2 is 1.79 bits per heavy atom. The molecule has 0 amide bonds. The summed E-state index contributed by atoms with van der Waals surface area (Å²) in [6.45, 7) is 0.323. The molecule has 33 heavy (non-hydrogen) atoms. The zero-order chi connectivity index (χ0) is 23.5. The van der Waals surface area contributed by atoms with Crippen LogP contribution in [0.5, 0.6) is 17.2 Å². The number of rotatable bonds is 8. The van der Waals surface area contributed by atoms with Crippen molar-refractivity contribution in [3.63, 3.8) is 0 Å². The summed E-state index contributed by atoms with van der Waals surface area (Å²) in [6, 6.07) is 13.0. The topological polar surface area (TPSA) is 101 Å². The fourth-order valence-electron chi connectivity index (χ4n) is 4.94. The molecular formula is C25H28O8. The van der Waals surface area contributed by atoms with Crippen LogP contribution in [-0.2, 0) is 19.1 Å². The lowest BCUT2D eigenvalue weighted by molar-refractivity contribution is -0.149. The molecule has 1 aliphatic carbocycles. The number of esters is 2. The van der Waals surface area contributed by atoms with Gasteiger partial charge in [-0.1, -0.05) is 30.3 Å². The second-order valence-electron chi connectivity index (χ2n) is 8.15. The Hall–Kier alpha value is -3.26. The van der Waals surface area contributed by atoms with Crippen LogP contribution in [0.4, 0.5) is 0 Å². The first-order valence-electron chi connectivity index (χ1n) is 10.9. The highest BCUT2D eigenvalue weighted by Gasteiger charge is 2.60. The van der Waals surface area contributed by atoms with E-state index in [0.717, 1.165) is 5.56 Å². The smallest absolute Gasteiger partial charge is 0.312 e. The molecular weight excluding hydrogens is 428 g/mol. The number of aliphatic hydroxyl groups excluding tert-OH is 1. The number of aliphatic hydroxyl groups is 1. The average molecular weight is 456 g/mol. The van der Waals surface area contributed by atoms with E-state index in [0.29, 0.717) is 35.8 Å². The number of hydrogen-bond donors (Lipinski definition) is 1. The van der Waals surface area contributed by atoms with E-state index < -0.39 is 30.0 Å². The van der Waals surface area contributed by atoms with Gasteiger partial charge in [0.25, 0.3) is 0 Å². The lowest BCUT2D eigenvalue weighted by Gasteiger charge is -2.24. The highest BCUT2D eigenvalue weighted by Crippen LogP contribution is 2.58. The highest BCUT2D eigenvalue weighted by molar-refractivity contribution is 5.76. The van der Waals surface area contributed by atoms with Gasteiger partial charge in [0.05, 0.1) is 45.9 Å². The fourth-order valence-corrected chi connectivity index (χ4v) is 4.94. The number of benzene rings is 2. The summed E-state index contributed by atoms with van der Waals surface area (Å²) in [7, 11) is 4.22. The van der Waals surface area contributed by atoms with Gasteiger partial charge in [-0.15, -0.1) is 0 Å². The molecule has 0 spiro atoms. The normalized spacial score (nSPS) is 24.9. The van der Waals surface area contributed by atoms with Gasteiger partial charge in [-0.25, -0.2) is 0 Å². The van der Waals surface area contributed by atoms with E-state index in [-0.39, 0.29) is 18.3 Å². The lowest BCUT2D eigenvalue weighted by atomic mass is 9.87. The van der Waals surface area contributed by atoms with E-state index in [9.17, 15) is 14.7 Å². The third kappa shape index (κ3) is 4.23. The van der Waals surface area contributed by atoms with Gasteiger partial charge < -0.3 is 28.8 Å². The van der Waals surface area contributed by atoms with E-state index in [1.54, 1.807) is 12.1 Å². The zero-order valence-corrected chi connectivity index (χ0v) is 18.9. The Morgan fingerprint density at radius 3 is 2.45 bits per heavy atom. The van der Waals surface area contributed by atoms with Gasteiger partial charge in [0.1, 0.15) is 23.4 Å². The number of hydrogen-bond acceptors (Lipinski definition) is 8. The van der Waals surface area contributed by atoms with Crippen molar-refractivity contribution >= 4 is 11.9 Å². The summed E-state index contributed by atoms with van der Waals surface area (Å²) in [5.74, 6) is -0.777. The molecule has 0 bridgehead atoms. The predicted molar refractivity (Wildman–Crippen MR) is 118 cm³/mol. The first-order chi connectivity index (χ1) is 16.0. The Morgan fingerprint density at radius 1 is 1.03 bits per heavy atom. The van der Waals surface area contributed by atoms with Gasteiger partial charge >= 0.3 is 11.9 Å². The van der Waals surface area contributed by atoms with E-state index in [1.165, 1.54) is 21.3 Å². The van der Waals surface area contributed by atoms with Crippen molar-refractivity contribution in [2.45, 2.75) is 36.9 Å². The maximum Gasteiger partial charge on any atom is 0.312 e. The van der Waals surface area contributed by atoms with Crippen LogP contribution in [0.1, 0.15) is 35.8 Å². The molecule has 0 radical (unpaired) electrons. The van der Waals surface area contributed by atoms with Crippen LogP contribution < -0.4 is 14.2 Å². The minimum Gasteiger partial charge on any atom is -0.496 e. The van der Waals surface area contributed by atoms with Gasteiger partial charge in [-0.05, 0) is 12.0 Å². The molecule has 0 aromatic heterocycles. The maximum atomic E-state index is 12.7. The molecule has 1 N–H and O–H groups in total. The molecule has 2 aromatic carbocycles. The third-order valence-electron chi connectivity index (χ3n) is 6.40. The van der Waals surface area contributed by atoms with Gasteiger partial charge in [0, 0.05) is 30.0 Å². The summed E-state index contributed by atoms with van der Waals surface area (Å²) >= 11 is 0. The molecule has 1 heterocycles. The van der Waals surface area contributed by atoms with Crippen molar-refractivity contribution in [2.75, 3.05) is 27.9 Å². The molecule has 8 heteroatoms. The fraction of sp³-hybridized carbons (Fsp3) is 0.440. The second kappa shape index (κ2) is 9.70. The van der Waals surface area contributed by atoms with Crippen molar-refractivity contribution in [3.05, 3.63) is 53.6 Å². The van der Waals surface area contributed by atoms with E-state index in [2.05, 4.69) is 4.74 Å². The number of carbonyl (C=O) groups excluding carboxylic acids is 2. The molecule has 4 rings (SSSR count). The first-order valence-corrected chi connectivity index (χ1v) is 10.9. The van der Waals surface area contributed by atoms with Crippen LogP contribution in [0.25, 0.3) is 0 Å². The number of fused-ring (bicyclic) bond motifs is 3. The van der Waals surface area contributed by atoms with Gasteiger partial charge in [-0.2, -0.15) is 0 Å².